The molecule has 1 aromatic rings. The van der Waals surface area contributed by atoms with Gasteiger partial charge >= 0.3 is 0 Å². The summed E-state index contributed by atoms with van der Waals surface area (Å²) in [5, 5.41) is 9.82. The molecule has 0 bridgehead atoms. The number of morpholine rings is 1. The van der Waals surface area contributed by atoms with Crippen LogP contribution in [0.5, 0.6) is 0 Å². The van der Waals surface area contributed by atoms with Gasteiger partial charge in [0, 0.05) is 25.8 Å². The number of guanidine groups is 1. The van der Waals surface area contributed by atoms with E-state index < -0.39 is 0 Å². The first-order valence-corrected chi connectivity index (χ1v) is 6.67. The van der Waals surface area contributed by atoms with Gasteiger partial charge in [-0.3, -0.25) is 10.00 Å². The molecule has 0 unspecified atom stereocenters. The molecule has 2 rings (SSSR count). The zero-order valence-corrected chi connectivity index (χ0v) is 13.9. The van der Waals surface area contributed by atoms with Gasteiger partial charge in [0.25, 0.3) is 0 Å². The van der Waals surface area contributed by atoms with Gasteiger partial charge < -0.3 is 15.8 Å². The predicted octanol–water partition coefficient (Wildman–Crippen LogP) is 0.154. The van der Waals surface area contributed by atoms with E-state index in [1.54, 1.807) is 6.20 Å². The maximum absolute atomic E-state index is 5.78. The van der Waals surface area contributed by atoms with Crippen LogP contribution in [-0.4, -0.2) is 60.4 Å². The quantitative estimate of drug-likeness (QED) is 0.277. The molecule has 2 heterocycles. The molecule has 7 nitrogen and oxygen atoms in total. The number of halogens is 1. The highest BCUT2D eigenvalue weighted by atomic mass is 127. The van der Waals surface area contributed by atoms with Gasteiger partial charge in [-0.1, -0.05) is 0 Å². The van der Waals surface area contributed by atoms with Crippen molar-refractivity contribution in [1.29, 1.82) is 0 Å². The van der Waals surface area contributed by atoms with E-state index in [9.17, 15) is 0 Å². The zero-order valence-electron chi connectivity index (χ0n) is 11.5. The Labute approximate surface area is 136 Å². The number of aromatic nitrogens is 2. The van der Waals surface area contributed by atoms with Gasteiger partial charge in [0.1, 0.15) is 0 Å². The standard InChI is InChI=1S/C12H22N6O.HI/c13-12(15-10-11-2-4-16-17-11)14-3-1-5-18-6-8-19-9-7-18;/h2,4H,1,3,5-10H2,(H,16,17)(H3,13,14,15);1H. The van der Waals surface area contributed by atoms with E-state index >= 15 is 0 Å². The minimum absolute atomic E-state index is 0. The van der Waals surface area contributed by atoms with Crippen LogP contribution in [0.1, 0.15) is 12.1 Å². The number of aliphatic imine (C=N–C) groups is 1. The number of rotatable bonds is 6. The van der Waals surface area contributed by atoms with E-state index in [1.807, 2.05) is 6.07 Å². The highest BCUT2D eigenvalue weighted by Gasteiger charge is 2.08. The Morgan fingerprint density at radius 2 is 2.30 bits per heavy atom. The van der Waals surface area contributed by atoms with Crippen molar-refractivity contribution in [2.45, 2.75) is 13.0 Å². The van der Waals surface area contributed by atoms with Crippen LogP contribution >= 0.6 is 24.0 Å². The Kier molecular flexibility index (Phi) is 8.54. The lowest BCUT2D eigenvalue weighted by atomic mass is 10.3. The molecule has 8 heteroatoms. The van der Waals surface area contributed by atoms with Gasteiger partial charge in [-0.2, -0.15) is 5.10 Å². The number of ether oxygens (including phenoxy) is 1. The van der Waals surface area contributed by atoms with Crippen molar-refractivity contribution in [3.8, 4) is 0 Å². The summed E-state index contributed by atoms with van der Waals surface area (Å²) in [6, 6.07) is 1.88. The Hall–Kier alpha value is -0.870. The number of nitrogens with zero attached hydrogens (tertiary/aromatic N) is 3. The largest absolute Gasteiger partial charge is 0.379 e. The van der Waals surface area contributed by atoms with Crippen LogP contribution in [0, 0.1) is 0 Å². The summed E-state index contributed by atoms with van der Waals surface area (Å²) < 4.78 is 5.31. The highest BCUT2D eigenvalue weighted by Crippen LogP contribution is 1.97. The van der Waals surface area contributed by atoms with Crippen molar-refractivity contribution in [3.63, 3.8) is 0 Å². The summed E-state index contributed by atoms with van der Waals surface area (Å²) in [5.74, 6) is 0.483. The summed E-state index contributed by atoms with van der Waals surface area (Å²) in [4.78, 5) is 6.64. The van der Waals surface area contributed by atoms with Crippen LogP contribution in [0.4, 0.5) is 0 Å². The third-order valence-corrected chi connectivity index (χ3v) is 3.04. The van der Waals surface area contributed by atoms with Crippen molar-refractivity contribution in [3.05, 3.63) is 18.0 Å². The number of nitrogens with one attached hydrogen (secondary N) is 2. The first-order valence-electron chi connectivity index (χ1n) is 6.67. The van der Waals surface area contributed by atoms with E-state index in [2.05, 4.69) is 25.4 Å². The molecule has 1 aromatic heterocycles. The lowest BCUT2D eigenvalue weighted by Crippen LogP contribution is -2.39. The number of aromatic amines is 1. The molecule has 114 valence electrons. The SMILES string of the molecule is I.NC(=NCc1ccn[nH]1)NCCCN1CCOCC1. The lowest BCUT2D eigenvalue weighted by Gasteiger charge is -2.26. The number of hydrogen-bond donors (Lipinski definition) is 3. The Morgan fingerprint density at radius 1 is 1.50 bits per heavy atom. The van der Waals surface area contributed by atoms with Crippen LogP contribution in [0.2, 0.25) is 0 Å². The van der Waals surface area contributed by atoms with Crippen LogP contribution in [0.15, 0.2) is 17.3 Å². The molecule has 0 aliphatic carbocycles. The smallest absolute Gasteiger partial charge is 0.188 e. The molecule has 4 N–H and O–H groups in total. The Bertz CT molecular complexity index is 377. The van der Waals surface area contributed by atoms with Crippen molar-refractivity contribution >= 4 is 29.9 Å². The monoisotopic (exact) mass is 394 g/mol. The third-order valence-electron chi connectivity index (χ3n) is 3.04. The Balaban J connectivity index is 0.00000200. The Morgan fingerprint density at radius 3 is 3.00 bits per heavy atom. The molecule has 0 spiro atoms. The maximum Gasteiger partial charge on any atom is 0.188 e. The molecule has 1 saturated heterocycles. The van der Waals surface area contributed by atoms with Crippen molar-refractivity contribution in [2.75, 3.05) is 39.4 Å². The molecule has 20 heavy (non-hydrogen) atoms. The van der Waals surface area contributed by atoms with E-state index in [4.69, 9.17) is 10.5 Å². The van der Waals surface area contributed by atoms with Gasteiger partial charge in [-0.15, -0.1) is 24.0 Å². The van der Waals surface area contributed by atoms with Crippen LogP contribution in [0.3, 0.4) is 0 Å². The molecule has 1 aliphatic rings. The molecule has 0 saturated carbocycles. The summed E-state index contributed by atoms with van der Waals surface area (Å²) >= 11 is 0. The molecule has 0 atom stereocenters. The second-order valence-corrected chi connectivity index (χ2v) is 4.52. The fourth-order valence-corrected chi connectivity index (χ4v) is 1.94. The minimum atomic E-state index is 0. The molecule has 1 fully saturated rings. The molecule has 0 amide bonds. The van der Waals surface area contributed by atoms with Gasteiger partial charge in [0.2, 0.25) is 0 Å². The lowest BCUT2D eigenvalue weighted by molar-refractivity contribution is 0.0376. The maximum atomic E-state index is 5.78. The van der Waals surface area contributed by atoms with Gasteiger partial charge in [0.05, 0.1) is 25.5 Å². The van der Waals surface area contributed by atoms with Gasteiger partial charge in [-0.05, 0) is 19.0 Å². The zero-order chi connectivity index (χ0) is 13.3. The van der Waals surface area contributed by atoms with E-state index in [0.717, 1.165) is 51.5 Å². The van der Waals surface area contributed by atoms with E-state index in [0.29, 0.717) is 12.5 Å². The first-order chi connectivity index (χ1) is 9.34. The molecule has 1 aliphatic heterocycles. The topological polar surface area (TPSA) is 91.6 Å². The third kappa shape index (κ3) is 6.53. The van der Waals surface area contributed by atoms with Gasteiger partial charge in [0.15, 0.2) is 5.96 Å². The molecule has 0 radical (unpaired) electrons. The normalized spacial score (nSPS) is 16.7. The first kappa shape index (κ1) is 17.2. The van der Waals surface area contributed by atoms with Crippen molar-refractivity contribution in [1.82, 2.24) is 20.4 Å². The van der Waals surface area contributed by atoms with E-state index in [1.165, 1.54) is 0 Å². The summed E-state index contributed by atoms with van der Waals surface area (Å²) in [6.07, 6.45) is 2.76. The molecule has 0 aromatic carbocycles. The fraction of sp³-hybridized carbons (Fsp3) is 0.667. The van der Waals surface area contributed by atoms with Crippen LogP contribution < -0.4 is 11.1 Å². The molecular weight excluding hydrogens is 371 g/mol. The second-order valence-electron chi connectivity index (χ2n) is 4.52. The van der Waals surface area contributed by atoms with Crippen LogP contribution in [-0.2, 0) is 11.3 Å². The number of hydrogen-bond acceptors (Lipinski definition) is 4. The average molecular weight is 394 g/mol. The molecular formula is C12H23IN6O. The number of nitrogens with two attached hydrogens (primary N) is 1. The van der Waals surface area contributed by atoms with Crippen molar-refractivity contribution < 1.29 is 4.74 Å². The highest BCUT2D eigenvalue weighted by molar-refractivity contribution is 14.0. The van der Waals surface area contributed by atoms with Crippen molar-refractivity contribution in [2.24, 2.45) is 10.7 Å². The summed E-state index contributed by atoms with van der Waals surface area (Å²) in [5.41, 5.74) is 6.74. The predicted molar refractivity (Wildman–Crippen MR) is 89.2 cm³/mol. The van der Waals surface area contributed by atoms with Gasteiger partial charge in [-0.25, -0.2) is 4.99 Å². The number of H-pyrrole nitrogens is 1. The second kappa shape index (κ2) is 9.94. The fourth-order valence-electron chi connectivity index (χ4n) is 1.94. The average Bonchev–Trinajstić information content (AvgIpc) is 2.96. The van der Waals surface area contributed by atoms with E-state index in [-0.39, 0.29) is 24.0 Å². The van der Waals surface area contributed by atoms with Crippen LogP contribution in [0.25, 0.3) is 0 Å². The summed E-state index contributed by atoms with van der Waals surface area (Å²) in [6.45, 7) is 6.21. The summed E-state index contributed by atoms with van der Waals surface area (Å²) in [7, 11) is 0. The minimum Gasteiger partial charge on any atom is -0.379 e.